The van der Waals surface area contributed by atoms with Gasteiger partial charge in [0, 0.05) is 6.54 Å². The fraction of sp³-hybridized carbons (Fsp3) is 0.714. The first-order chi connectivity index (χ1) is 11.2. The zero-order chi connectivity index (χ0) is 16.5. The van der Waals surface area contributed by atoms with Gasteiger partial charge in [0.25, 0.3) is 0 Å². The van der Waals surface area contributed by atoms with E-state index in [1.165, 1.54) is 63.6 Å². The first-order valence-corrected chi connectivity index (χ1v) is 9.63. The highest BCUT2D eigenvalue weighted by Gasteiger charge is 2.23. The molecule has 0 N–H and O–H groups in total. The Bertz CT molecular complexity index is 436. The van der Waals surface area contributed by atoms with E-state index in [4.69, 9.17) is 4.74 Å². The van der Waals surface area contributed by atoms with Gasteiger partial charge >= 0.3 is 0 Å². The minimum atomic E-state index is 0.308. The van der Waals surface area contributed by atoms with Gasteiger partial charge in [0.2, 0.25) is 0 Å². The number of hydrogen-bond acceptors (Lipinski definition) is 2. The normalized spacial score (nSPS) is 18.6. The molecule has 0 amide bonds. The number of likely N-dealkylation sites (tertiary alicyclic amines) is 1. The lowest BCUT2D eigenvalue weighted by molar-refractivity contribution is 0.183. The third-order valence-corrected chi connectivity index (χ3v) is 5.54. The molecule has 1 aliphatic heterocycles. The predicted molar refractivity (Wildman–Crippen MR) is 99.4 cm³/mol. The van der Waals surface area contributed by atoms with Crippen LogP contribution in [0.5, 0.6) is 5.75 Å². The number of benzene rings is 1. The van der Waals surface area contributed by atoms with Crippen LogP contribution < -0.4 is 4.74 Å². The van der Waals surface area contributed by atoms with Gasteiger partial charge < -0.3 is 4.74 Å². The van der Waals surface area contributed by atoms with Gasteiger partial charge in [-0.15, -0.1) is 0 Å². The Morgan fingerprint density at radius 2 is 1.74 bits per heavy atom. The molecule has 2 heteroatoms. The first kappa shape index (κ1) is 18.3. The van der Waals surface area contributed by atoms with Gasteiger partial charge in [-0.2, -0.15) is 0 Å². The zero-order valence-corrected chi connectivity index (χ0v) is 15.4. The molecular weight excluding hydrogens is 282 g/mol. The maximum atomic E-state index is 5.95. The second-order valence-corrected chi connectivity index (χ2v) is 7.29. The van der Waals surface area contributed by atoms with E-state index in [1.807, 2.05) is 0 Å². The summed E-state index contributed by atoms with van der Waals surface area (Å²) in [6, 6.07) is 8.86. The average Bonchev–Trinajstić information content (AvgIpc) is 2.61. The smallest absolute Gasteiger partial charge is 0.119 e. The van der Waals surface area contributed by atoms with Crippen molar-refractivity contribution >= 4 is 0 Å². The number of ether oxygens (including phenoxy) is 1. The third-order valence-electron chi connectivity index (χ3n) is 5.54. The van der Waals surface area contributed by atoms with Crippen LogP contribution in [0.4, 0.5) is 0 Å². The summed E-state index contributed by atoms with van der Waals surface area (Å²) in [6.07, 6.45) is 9.14. The van der Waals surface area contributed by atoms with Gasteiger partial charge in [-0.3, -0.25) is 4.90 Å². The van der Waals surface area contributed by atoms with E-state index < -0.39 is 0 Å². The minimum absolute atomic E-state index is 0.308. The van der Waals surface area contributed by atoms with Crippen LogP contribution in [0.3, 0.4) is 0 Å². The monoisotopic (exact) mass is 317 g/mol. The van der Waals surface area contributed by atoms with Crippen LogP contribution in [-0.2, 0) is 5.41 Å². The van der Waals surface area contributed by atoms with Crippen LogP contribution in [0.15, 0.2) is 24.3 Å². The molecule has 23 heavy (non-hydrogen) atoms. The second-order valence-electron chi connectivity index (χ2n) is 7.29. The van der Waals surface area contributed by atoms with Gasteiger partial charge in [-0.1, -0.05) is 52.2 Å². The SMILES string of the molecule is CCCCC(C)(CC)c1ccc(OCCN2CCCCC2)cc1. The lowest BCUT2D eigenvalue weighted by Gasteiger charge is -2.29. The molecule has 130 valence electrons. The van der Waals surface area contributed by atoms with Crippen molar-refractivity contribution < 1.29 is 4.74 Å². The van der Waals surface area contributed by atoms with Crippen molar-refractivity contribution in [1.82, 2.24) is 4.90 Å². The quantitative estimate of drug-likeness (QED) is 0.604. The summed E-state index contributed by atoms with van der Waals surface area (Å²) >= 11 is 0. The Kier molecular flexibility index (Phi) is 7.42. The predicted octanol–water partition coefficient (Wildman–Crippen LogP) is 5.41. The van der Waals surface area contributed by atoms with Crippen molar-refractivity contribution in [3.63, 3.8) is 0 Å². The van der Waals surface area contributed by atoms with E-state index in [2.05, 4.69) is 49.9 Å². The number of hydrogen-bond donors (Lipinski definition) is 0. The molecular formula is C21H35NO. The molecule has 1 aromatic carbocycles. The van der Waals surface area contributed by atoms with Crippen LogP contribution in [0.25, 0.3) is 0 Å². The number of piperidine rings is 1. The minimum Gasteiger partial charge on any atom is -0.492 e. The molecule has 0 radical (unpaired) electrons. The summed E-state index contributed by atoms with van der Waals surface area (Å²) in [5, 5.41) is 0. The van der Waals surface area contributed by atoms with Crippen LogP contribution in [0.1, 0.15) is 71.3 Å². The van der Waals surface area contributed by atoms with Gasteiger partial charge in [0.05, 0.1) is 0 Å². The molecule has 1 aliphatic rings. The summed E-state index contributed by atoms with van der Waals surface area (Å²) in [4.78, 5) is 2.52. The molecule has 0 saturated carbocycles. The van der Waals surface area contributed by atoms with Gasteiger partial charge in [0.15, 0.2) is 0 Å². The molecule has 0 aliphatic carbocycles. The van der Waals surface area contributed by atoms with Gasteiger partial charge in [-0.05, 0) is 61.9 Å². The highest BCUT2D eigenvalue weighted by Crippen LogP contribution is 2.33. The van der Waals surface area contributed by atoms with E-state index in [1.54, 1.807) is 0 Å². The molecule has 1 fully saturated rings. The topological polar surface area (TPSA) is 12.5 Å². The van der Waals surface area contributed by atoms with Crippen LogP contribution in [-0.4, -0.2) is 31.1 Å². The molecule has 0 bridgehead atoms. The van der Waals surface area contributed by atoms with E-state index in [9.17, 15) is 0 Å². The molecule has 0 aromatic heterocycles. The number of unbranched alkanes of at least 4 members (excludes halogenated alkanes) is 1. The lowest BCUT2D eigenvalue weighted by atomic mass is 9.76. The largest absolute Gasteiger partial charge is 0.492 e. The first-order valence-electron chi connectivity index (χ1n) is 9.63. The standard InChI is InChI=1S/C21H35NO/c1-4-6-14-21(3,5-2)19-10-12-20(13-11-19)23-18-17-22-15-8-7-9-16-22/h10-13H,4-9,14-18H2,1-3H3. The maximum absolute atomic E-state index is 5.95. The van der Waals surface area contributed by atoms with Crippen LogP contribution >= 0.6 is 0 Å². The number of nitrogens with zero attached hydrogens (tertiary/aromatic N) is 1. The summed E-state index contributed by atoms with van der Waals surface area (Å²) in [5.41, 5.74) is 1.76. The molecule has 1 unspecified atom stereocenters. The molecule has 0 spiro atoms. The summed E-state index contributed by atoms with van der Waals surface area (Å²) < 4.78 is 5.95. The van der Waals surface area contributed by atoms with E-state index in [-0.39, 0.29) is 0 Å². The molecule has 1 atom stereocenters. The molecule has 1 heterocycles. The van der Waals surface area contributed by atoms with Crippen molar-refractivity contribution in [3.8, 4) is 5.75 Å². The van der Waals surface area contributed by atoms with E-state index >= 15 is 0 Å². The van der Waals surface area contributed by atoms with Crippen molar-refractivity contribution in [2.75, 3.05) is 26.2 Å². The van der Waals surface area contributed by atoms with Crippen LogP contribution in [0.2, 0.25) is 0 Å². The summed E-state index contributed by atoms with van der Waals surface area (Å²) in [6.45, 7) is 11.3. The van der Waals surface area contributed by atoms with Gasteiger partial charge in [-0.25, -0.2) is 0 Å². The van der Waals surface area contributed by atoms with Crippen molar-refractivity contribution in [1.29, 1.82) is 0 Å². The molecule has 1 aromatic rings. The van der Waals surface area contributed by atoms with Crippen molar-refractivity contribution in [2.45, 2.75) is 71.1 Å². The Hall–Kier alpha value is -1.02. The number of rotatable bonds is 9. The second kappa shape index (κ2) is 9.32. The highest BCUT2D eigenvalue weighted by molar-refractivity contribution is 5.32. The van der Waals surface area contributed by atoms with Crippen molar-refractivity contribution in [2.24, 2.45) is 0 Å². The van der Waals surface area contributed by atoms with E-state index in [0.717, 1.165) is 18.9 Å². The van der Waals surface area contributed by atoms with Crippen LogP contribution in [0, 0.1) is 0 Å². The lowest BCUT2D eigenvalue weighted by Crippen LogP contribution is -2.33. The fourth-order valence-electron chi connectivity index (χ4n) is 3.52. The molecule has 2 rings (SSSR count). The summed E-state index contributed by atoms with van der Waals surface area (Å²) in [7, 11) is 0. The highest BCUT2D eigenvalue weighted by atomic mass is 16.5. The molecule has 1 saturated heterocycles. The Morgan fingerprint density at radius 3 is 2.35 bits per heavy atom. The molecule has 2 nitrogen and oxygen atoms in total. The van der Waals surface area contributed by atoms with E-state index in [0.29, 0.717) is 5.41 Å². The summed E-state index contributed by atoms with van der Waals surface area (Å²) in [5.74, 6) is 1.01. The fourth-order valence-corrected chi connectivity index (χ4v) is 3.52. The Morgan fingerprint density at radius 1 is 1.04 bits per heavy atom. The average molecular weight is 318 g/mol. The third kappa shape index (κ3) is 5.53. The van der Waals surface area contributed by atoms with Crippen molar-refractivity contribution in [3.05, 3.63) is 29.8 Å². The Balaban J connectivity index is 1.83. The maximum Gasteiger partial charge on any atom is 0.119 e. The Labute approximate surface area is 143 Å². The van der Waals surface area contributed by atoms with Gasteiger partial charge in [0.1, 0.15) is 12.4 Å². The zero-order valence-electron chi connectivity index (χ0n) is 15.4.